The molecule has 117 heavy (non-hydrogen) atoms. The molecule has 1 unspecified atom stereocenters. The third-order valence-electron chi connectivity index (χ3n) is 15.7. The Morgan fingerprint density at radius 1 is 0.368 bits per heavy atom. The Bertz CT molecular complexity index is 5190. The van der Waals surface area contributed by atoms with Gasteiger partial charge in [0.2, 0.25) is 0 Å². The number of nitrogens with zero attached hydrogens (tertiary/aromatic N) is 2. The molecule has 0 aromatic heterocycles. The number of carbonyl (C=O) groups excluding carboxylic acids is 2. The van der Waals surface area contributed by atoms with Gasteiger partial charge in [0.25, 0.3) is 0 Å². The molecule has 0 heterocycles. The Labute approximate surface area is 666 Å². The van der Waals surface area contributed by atoms with E-state index in [1.807, 2.05) is 0 Å². The third-order valence-corrected chi connectivity index (χ3v) is 28.9. The standard InChI is InChI=1S/C19H19F9NO11S3.2C19H17S.C14H13F9NO7S3/c1-4-15(2,3)14(31)39-10-9-38-13(30)11-5-7-12(8-6-11)40-43(36,37)18(24,25)16(20,21)17(22,23)41(32,33)29-42(34,35)19(26,27)28;2*1-16-12-14-19(15-13-16)20(17-8-4-2-5-9-17)18-10-6-3-7-11-18;1-3-8(2)9-4-6-10(7-5-9)31-34(29,30)13(19,20)11(15,16)12(17,18)32(25,26)24-33(27,28)14(21,22)23/h5-8H,4,9-10H2,1-3H3;2*2-15H,1H3;4-8H,3H2,1-2H3/q-1;2*+1;-1. The summed E-state index contributed by atoms with van der Waals surface area (Å²) in [5.74, 6) is -19.7. The highest BCUT2D eigenvalue weighted by Crippen LogP contribution is 2.55. The zero-order valence-corrected chi connectivity index (χ0v) is 67.5. The molecule has 0 aliphatic rings. The van der Waals surface area contributed by atoms with Crippen LogP contribution in [0.1, 0.15) is 80.4 Å². The van der Waals surface area contributed by atoms with Crippen LogP contribution in [0.3, 0.4) is 0 Å². The van der Waals surface area contributed by atoms with Crippen molar-refractivity contribution < 1.29 is 157 Å². The van der Waals surface area contributed by atoms with Crippen LogP contribution >= 0.6 is 0 Å². The first-order chi connectivity index (χ1) is 53.6. The van der Waals surface area contributed by atoms with Gasteiger partial charge in [-0.15, -0.1) is 0 Å². The van der Waals surface area contributed by atoms with Gasteiger partial charge in [-0.2, -0.15) is 95.9 Å². The second kappa shape index (κ2) is 38.2. The highest BCUT2D eigenvalue weighted by atomic mass is 32.3. The molecule has 0 bridgehead atoms. The summed E-state index contributed by atoms with van der Waals surface area (Å²) in [6, 6.07) is 66.2. The van der Waals surface area contributed by atoms with Gasteiger partial charge in [-0.25, -0.2) is 38.5 Å². The van der Waals surface area contributed by atoms with Crippen LogP contribution in [0.15, 0.2) is 248 Å². The Morgan fingerprint density at radius 2 is 0.641 bits per heavy atom. The van der Waals surface area contributed by atoms with E-state index in [9.17, 15) is 139 Å². The molecule has 642 valence electrons. The van der Waals surface area contributed by atoms with Crippen LogP contribution in [-0.4, -0.2) is 120 Å². The highest BCUT2D eigenvalue weighted by Gasteiger charge is 2.83. The summed E-state index contributed by atoms with van der Waals surface area (Å²) < 4.78 is 393. The van der Waals surface area contributed by atoms with E-state index in [0.29, 0.717) is 63.1 Å². The Morgan fingerprint density at radius 3 is 0.915 bits per heavy atom. The number of hydrogen-bond acceptors (Lipinski definition) is 18. The second-order valence-corrected chi connectivity index (χ2v) is 38.8. The monoisotopic (exact) mass is 1830 g/mol. The molecule has 0 aliphatic carbocycles. The van der Waals surface area contributed by atoms with Gasteiger partial charge in [-0.1, -0.05) is 141 Å². The number of alkyl halides is 18. The van der Waals surface area contributed by atoms with Crippen LogP contribution in [0.5, 0.6) is 11.5 Å². The van der Waals surface area contributed by atoms with E-state index in [0.717, 1.165) is 12.1 Å². The van der Waals surface area contributed by atoms with Gasteiger partial charge in [-0.05, 0) is 161 Å². The number of carbonyl (C=O) groups is 2. The smallest absolute Gasteiger partial charge is 0.462 e. The summed E-state index contributed by atoms with van der Waals surface area (Å²) in [4.78, 5) is 32.0. The minimum absolute atomic E-state index is 0.0229. The van der Waals surface area contributed by atoms with Crippen LogP contribution in [0, 0.1) is 19.3 Å². The maximum Gasteiger partial charge on any atom is 0.480 e. The molecule has 8 rings (SSSR count). The first kappa shape index (κ1) is 98.9. The lowest BCUT2D eigenvalue weighted by molar-refractivity contribution is -0.245. The summed E-state index contributed by atoms with van der Waals surface area (Å²) in [7, 11) is -45.6. The number of halogens is 18. The van der Waals surface area contributed by atoms with Crippen molar-refractivity contribution in [3.05, 3.63) is 249 Å². The van der Waals surface area contributed by atoms with E-state index in [-0.39, 0.29) is 27.7 Å². The average molecular weight is 1830 g/mol. The molecule has 0 fully saturated rings. The third kappa shape index (κ3) is 23.5. The fourth-order valence-corrected chi connectivity index (χ4v) is 19.1. The van der Waals surface area contributed by atoms with Crippen molar-refractivity contribution in [2.75, 3.05) is 13.2 Å². The molecular formula is C71H66F18N2O18S8. The Balaban J connectivity index is 0.000000291. The van der Waals surface area contributed by atoms with E-state index in [4.69, 9.17) is 9.47 Å². The molecule has 0 spiro atoms. The van der Waals surface area contributed by atoms with Crippen molar-refractivity contribution in [3.8, 4) is 11.5 Å². The maximum atomic E-state index is 14.2. The zero-order valence-electron chi connectivity index (χ0n) is 61.0. The molecule has 46 heteroatoms. The molecule has 8 aromatic rings. The molecule has 0 radical (unpaired) electrons. The molecular weight excluding hydrogens is 1770 g/mol. The number of benzene rings is 8. The predicted molar refractivity (Wildman–Crippen MR) is 393 cm³/mol. The van der Waals surface area contributed by atoms with E-state index in [2.05, 4.69) is 192 Å². The highest BCUT2D eigenvalue weighted by molar-refractivity contribution is 8.13. The predicted octanol–water partition coefficient (Wildman–Crippen LogP) is 18.4. The van der Waals surface area contributed by atoms with Crippen LogP contribution < -0.4 is 8.37 Å². The summed E-state index contributed by atoms with van der Waals surface area (Å²) in [5.41, 5.74) is -11.7. The van der Waals surface area contributed by atoms with Crippen LogP contribution in [-0.2, 0) is 96.4 Å². The van der Waals surface area contributed by atoms with Crippen LogP contribution in [0.25, 0.3) is 8.25 Å². The van der Waals surface area contributed by atoms with Gasteiger partial charge in [0, 0.05) is 0 Å². The summed E-state index contributed by atoms with van der Waals surface area (Å²) in [5, 5.41) is -29.4. The SMILES string of the molecule is CCC(C)(C)C(=O)OCCOC(=O)c1ccc(OS(=O)(=O)C(F)(F)C(F)(F)C(F)(F)S(=O)(=O)[N-]S(=O)(=O)C(F)(F)F)cc1.CCC(C)c1ccc(OS(=O)(=O)C(F)(F)C(F)(F)C(F)(F)S(=O)(=O)[N-]S(=O)(=O)C(F)(F)F)cc1.Cc1ccc([S+](c2ccccc2)c2ccccc2)cc1.Cc1ccc([S+](c2ccccc2)c2ccccc2)cc1. The first-order valence-corrected chi connectivity index (χ1v) is 43.7. The number of sulfonamides is 4. The topological polar surface area (TPSA) is 304 Å². The number of aryl methyl sites for hydroxylation is 2. The Kier molecular flexibility index (Phi) is 32.3. The van der Waals surface area contributed by atoms with E-state index in [1.165, 1.54) is 40.5 Å². The van der Waals surface area contributed by atoms with Crippen molar-refractivity contribution >= 4 is 94.1 Å². The quantitative estimate of drug-likeness (QED) is 0.0133. The van der Waals surface area contributed by atoms with Crippen LogP contribution in [0.4, 0.5) is 79.0 Å². The maximum absolute atomic E-state index is 14.2. The molecule has 0 amide bonds. The summed E-state index contributed by atoms with van der Waals surface area (Å²) in [6.45, 7) is 11.7. The molecule has 0 saturated carbocycles. The van der Waals surface area contributed by atoms with Gasteiger partial charge in [-0.3, -0.25) is 4.79 Å². The molecule has 0 aliphatic heterocycles. The molecule has 0 N–H and O–H groups in total. The van der Waals surface area contributed by atoms with Gasteiger partial charge >= 0.3 is 76.1 Å². The van der Waals surface area contributed by atoms with E-state index < -0.39 is 152 Å². The zero-order chi connectivity index (χ0) is 88.8. The number of ether oxygens (including phenoxy) is 2. The fraction of sp³-hybridized carbons (Fsp3) is 0.296. The lowest BCUT2D eigenvalue weighted by atomic mass is 9.91. The van der Waals surface area contributed by atoms with Crippen molar-refractivity contribution in [2.45, 2.75) is 140 Å². The fourth-order valence-electron chi connectivity index (χ4n) is 8.59. The molecule has 20 nitrogen and oxygen atoms in total. The van der Waals surface area contributed by atoms with Gasteiger partial charge in [0.1, 0.15) is 24.7 Å². The van der Waals surface area contributed by atoms with Crippen molar-refractivity contribution in [2.24, 2.45) is 5.41 Å². The number of hydrogen-bond donors (Lipinski definition) is 0. The van der Waals surface area contributed by atoms with Crippen molar-refractivity contribution in [1.82, 2.24) is 0 Å². The van der Waals surface area contributed by atoms with Crippen molar-refractivity contribution in [3.63, 3.8) is 0 Å². The second-order valence-electron chi connectivity index (χ2n) is 24.6. The summed E-state index contributed by atoms with van der Waals surface area (Å²) in [6.07, 6.45) is 0.977. The number of esters is 2. The van der Waals surface area contributed by atoms with E-state index >= 15 is 0 Å². The molecule has 0 saturated heterocycles. The molecule has 1 atom stereocenters. The first-order valence-electron chi connectivity index (χ1n) is 32.7. The van der Waals surface area contributed by atoms with Gasteiger partial charge < -0.3 is 26.1 Å². The van der Waals surface area contributed by atoms with Gasteiger partial charge in [0.05, 0.1) is 32.8 Å². The largest absolute Gasteiger partial charge is 0.480 e. The number of rotatable bonds is 30. The Hall–Kier alpha value is -8.64. The minimum atomic E-state index is -8.06. The van der Waals surface area contributed by atoms with E-state index in [1.54, 1.807) is 34.6 Å². The van der Waals surface area contributed by atoms with Crippen LogP contribution in [0.2, 0.25) is 0 Å². The summed E-state index contributed by atoms with van der Waals surface area (Å²) >= 11 is 0. The average Bonchev–Trinajstić information content (AvgIpc) is 0.719. The molecule has 8 aromatic carbocycles. The normalized spacial score (nSPS) is 13.5. The lowest BCUT2D eigenvalue weighted by Crippen LogP contribution is -2.61. The van der Waals surface area contributed by atoms with Crippen molar-refractivity contribution in [1.29, 1.82) is 0 Å². The lowest BCUT2D eigenvalue weighted by Gasteiger charge is -2.35. The van der Waals surface area contributed by atoms with Gasteiger partial charge in [0.15, 0.2) is 69.5 Å². The minimum Gasteiger partial charge on any atom is -0.462 e.